The number of nitrogens with one attached hydrogen (secondary N) is 2. The van der Waals surface area contributed by atoms with E-state index in [0.29, 0.717) is 13.8 Å². The van der Waals surface area contributed by atoms with Crippen LogP contribution in [0, 0.1) is 19.7 Å². The van der Waals surface area contributed by atoms with Crippen molar-refractivity contribution in [2.45, 2.75) is 55.4 Å². The van der Waals surface area contributed by atoms with Crippen LogP contribution in [0.2, 0.25) is 0 Å². The molecule has 1 unspecified atom stereocenters. The maximum Gasteiger partial charge on any atom is 0.427 e. The molecule has 2 N–H and O–H groups in total. The number of carbonyl (C=O) groups is 1. The van der Waals surface area contributed by atoms with Crippen LogP contribution in [0.1, 0.15) is 25.3 Å². The Hall–Kier alpha value is -3.90. The number of aromatic nitrogens is 1. The molecule has 12 nitrogen and oxygen atoms in total. The molecule has 1 atom stereocenters. The second-order valence-corrected chi connectivity index (χ2v) is 13.5. The van der Waals surface area contributed by atoms with Crippen LogP contribution in [0.4, 0.5) is 33.7 Å². The normalized spacial score (nSPS) is 15.9. The smallest absolute Gasteiger partial charge is 0.427 e. The highest BCUT2D eigenvalue weighted by atomic mass is 32.2. The fraction of sp³-hybridized carbons (Fsp3) is 0.360. The number of benzene rings is 2. The summed E-state index contributed by atoms with van der Waals surface area (Å²) in [6.07, 6.45) is -7.41. The molecule has 4 rings (SSSR count). The average molecular weight is 651 g/mol. The molecule has 234 valence electrons. The molecular formula is C25H26F4N4O8S2. The number of fused-ring (bicyclic) bond motifs is 1. The highest BCUT2D eigenvalue weighted by Gasteiger charge is 2.51. The summed E-state index contributed by atoms with van der Waals surface area (Å²) in [7, 11) is -8.59. The van der Waals surface area contributed by atoms with Gasteiger partial charge in [0.05, 0.1) is 17.1 Å². The van der Waals surface area contributed by atoms with E-state index in [1.807, 2.05) is 0 Å². The number of ether oxygens (including phenoxy) is 2. The maximum atomic E-state index is 13.7. The molecule has 3 aromatic rings. The van der Waals surface area contributed by atoms with E-state index in [0.717, 1.165) is 34.6 Å². The summed E-state index contributed by atoms with van der Waals surface area (Å²) in [6.45, 7) is 3.30. The van der Waals surface area contributed by atoms with Crippen molar-refractivity contribution in [2.24, 2.45) is 0 Å². The Morgan fingerprint density at radius 3 is 2.33 bits per heavy atom. The predicted octanol–water partition coefficient (Wildman–Crippen LogP) is 4.25. The Morgan fingerprint density at radius 1 is 1.09 bits per heavy atom. The third-order valence-corrected chi connectivity index (χ3v) is 9.77. The maximum absolute atomic E-state index is 13.7. The average Bonchev–Trinajstić information content (AvgIpc) is 3.24. The van der Waals surface area contributed by atoms with Crippen LogP contribution in [-0.4, -0.2) is 59.1 Å². The van der Waals surface area contributed by atoms with Crippen LogP contribution in [0.25, 0.3) is 0 Å². The van der Waals surface area contributed by atoms with Crippen molar-refractivity contribution in [3.63, 3.8) is 0 Å². The lowest BCUT2D eigenvalue weighted by Gasteiger charge is -2.36. The summed E-state index contributed by atoms with van der Waals surface area (Å²) in [5.74, 6) is -0.717. The van der Waals surface area contributed by atoms with E-state index in [4.69, 9.17) is 9.26 Å². The fourth-order valence-corrected chi connectivity index (χ4v) is 6.91. The van der Waals surface area contributed by atoms with Crippen molar-refractivity contribution in [1.29, 1.82) is 0 Å². The number of alkyl halides is 3. The molecule has 0 radical (unpaired) electrons. The van der Waals surface area contributed by atoms with Gasteiger partial charge < -0.3 is 14.0 Å². The minimum atomic E-state index is -4.86. The van der Waals surface area contributed by atoms with E-state index in [2.05, 4.69) is 19.9 Å². The third-order valence-electron chi connectivity index (χ3n) is 6.31. The van der Waals surface area contributed by atoms with Gasteiger partial charge in [0.15, 0.2) is 5.76 Å². The van der Waals surface area contributed by atoms with Gasteiger partial charge in [-0.3, -0.25) is 9.62 Å². The summed E-state index contributed by atoms with van der Waals surface area (Å²) in [4.78, 5) is 11.7. The lowest BCUT2D eigenvalue weighted by Crippen LogP contribution is -2.48. The summed E-state index contributed by atoms with van der Waals surface area (Å²) in [5, 5.41) is 5.74. The molecule has 1 amide bonds. The van der Waals surface area contributed by atoms with Crippen LogP contribution < -0.4 is 19.1 Å². The third kappa shape index (κ3) is 6.70. The fourth-order valence-electron chi connectivity index (χ4n) is 4.02. The van der Waals surface area contributed by atoms with Gasteiger partial charge in [-0.05, 0) is 70.2 Å². The molecule has 0 saturated heterocycles. The van der Waals surface area contributed by atoms with Gasteiger partial charge >= 0.3 is 12.3 Å². The van der Waals surface area contributed by atoms with E-state index in [9.17, 15) is 39.2 Å². The zero-order valence-electron chi connectivity index (χ0n) is 23.0. The molecule has 0 bridgehead atoms. The van der Waals surface area contributed by atoms with Crippen LogP contribution in [0.3, 0.4) is 0 Å². The summed E-state index contributed by atoms with van der Waals surface area (Å²) in [6, 6.07) is 7.49. The molecule has 0 saturated carbocycles. The zero-order valence-corrected chi connectivity index (χ0v) is 24.7. The highest BCUT2D eigenvalue weighted by molar-refractivity contribution is 7.92. The second-order valence-electron chi connectivity index (χ2n) is 9.94. The van der Waals surface area contributed by atoms with Gasteiger partial charge in [0.25, 0.3) is 10.0 Å². The van der Waals surface area contributed by atoms with Crippen LogP contribution >= 0.6 is 0 Å². The first-order valence-corrected chi connectivity index (χ1v) is 15.3. The Balaban J connectivity index is 1.65. The number of nitrogens with zero attached hydrogens (tertiary/aromatic N) is 2. The van der Waals surface area contributed by atoms with Gasteiger partial charge in [0, 0.05) is 12.2 Å². The van der Waals surface area contributed by atoms with Crippen LogP contribution in [-0.2, 0) is 24.8 Å². The molecule has 0 fully saturated rings. The number of aryl methyl sites for hydroxylation is 2. The van der Waals surface area contributed by atoms with Gasteiger partial charge in [0.1, 0.15) is 28.3 Å². The first kappa shape index (κ1) is 32.0. The van der Waals surface area contributed by atoms with E-state index in [1.165, 1.54) is 26.0 Å². The van der Waals surface area contributed by atoms with E-state index >= 15 is 0 Å². The number of sulfonamides is 2. The number of rotatable bonds is 8. The van der Waals surface area contributed by atoms with Crippen molar-refractivity contribution in [2.75, 3.05) is 22.7 Å². The van der Waals surface area contributed by atoms with Crippen LogP contribution in [0.15, 0.2) is 56.8 Å². The van der Waals surface area contributed by atoms with E-state index in [-0.39, 0.29) is 38.4 Å². The molecule has 2 aromatic carbocycles. The highest BCUT2D eigenvalue weighted by Crippen LogP contribution is 2.39. The van der Waals surface area contributed by atoms with Crippen molar-refractivity contribution in [3.8, 4) is 5.75 Å². The number of anilines is 2. The second kappa shape index (κ2) is 11.3. The summed E-state index contributed by atoms with van der Waals surface area (Å²) in [5.41, 5.74) is -2.99. The monoisotopic (exact) mass is 650 g/mol. The standard InChI is InChI=1S/C25H26F4N4O8S2/c1-14-22(15(2)41-32-14)42(35,36)30-12-18-13-33(43(37,38)19-8-5-16(26)6-9-19)20-11-17(7-10-21(20)39-18)31-23(34)40-24(3,4)25(27,28)29/h5-11,18,30H,12-13H2,1-4H3,(H,31,34). The van der Waals surface area contributed by atoms with Gasteiger partial charge in [-0.15, -0.1) is 0 Å². The Kier molecular flexibility index (Phi) is 8.42. The molecule has 1 aliphatic heterocycles. The van der Waals surface area contributed by atoms with Gasteiger partial charge in [-0.2, -0.15) is 13.2 Å². The van der Waals surface area contributed by atoms with Crippen molar-refractivity contribution < 1.29 is 53.2 Å². The quantitative estimate of drug-likeness (QED) is 0.340. The summed E-state index contributed by atoms with van der Waals surface area (Å²) >= 11 is 0. The predicted molar refractivity (Wildman–Crippen MR) is 143 cm³/mol. The lowest BCUT2D eigenvalue weighted by molar-refractivity contribution is -0.242. The number of hydrogen-bond donors (Lipinski definition) is 2. The topological polar surface area (TPSA) is 157 Å². The molecule has 1 aliphatic rings. The first-order valence-electron chi connectivity index (χ1n) is 12.4. The van der Waals surface area contributed by atoms with Crippen LogP contribution in [0.5, 0.6) is 5.75 Å². The first-order chi connectivity index (χ1) is 19.8. The molecule has 43 heavy (non-hydrogen) atoms. The summed E-state index contributed by atoms with van der Waals surface area (Å²) < 4.78 is 125. The van der Waals surface area contributed by atoms with Crippen molar-refractivity contribution >= 4 is 37.5 Å². The van der Waals surface area contributed by atoms with Gasteiger partial charge in [0.2, 0.25) is 15.6 Å². The number of carbonyl (C=O) groups excluding carboxylic acids is 1. The molecule has 0 spiro atoms. The molecule has 2 heterocycles. The minimum Gasteiger partial charge on any atom is -0.485 e. The Morgan fingerprint density at radius 2 is 1.74 bits per heavy atom. The number of halogens is 4. The number of hydrogen-bond acceptors (Lipinski definition) is 9. The van der Waals surface area contributed by atoms with Gasteiger partial charge in [-0.25, -0.2) is 30.7 Å². The SMILES string of the molecule is Cc1noc(C)c1S(=O)(=O)NCC1CN(S(=O)(=O)c2ccc(F)cc2)c2cc(NC(=O)OC(C)(C)C(F)(F)F)ccc2O1. The Labute approximate surface area is 244 Å². The minimum absolute atomic E-state index is 0.0394. The largest absolute Gasteiger partial charge is 0.485 e. The zero-order chi connectivity index (χ0) is 32.0. The Bertz CT molecular complexity index is 1720. The number of amides is 1. The van der Waals surface area contributed by atoms with E-state index in [1.54, 1.807) is 0 Å². The molecule has 1 aromatic heterocycles. The van der Waals surface area contributed by atoms with Crippen molar-refractivity contribution in [1.82, 2.24) is 9.88 Å². The lowest BCUT2D eigenvalue weighted by atomic mass is 10.1. The molecule has 18 heteroatoms. The van der Waals surface area contributed by atoms with E-state index < -0.39 is 62.9 Å². The molecular weight excluding hydrogens is 624 g/mol. The molecule has 0 aliphatic carbocycles. The van der Waals surface area contributed by atoms with Gasteiger partial charge in [-0.1, -0.05) is 5.16 Å². The van der Waals surface area contributed by atoms with Crippen molar-refractivity contribution in [3.05, 3.63) is 59.7 Å².